The highest BCUT2D eigenvalue weighted by atomic mass is 35.5. The van der Waals surface area contributed by atoms with Crippen molar-refractivity contribution in [3.8, 4) is 5.75 Å². The number of nitrogen functional groups attached to an aromatic ring is 1. The van der Waals surface area contributed by atoms with E-state index < -0.39 is 29.8 Å². The van der Waals surface area contributed by atoms with Crippen molar-refractivity contribution in [1.29, 1.82) is 0 Å². The number of hydrogen-bond donors (Lipinski definition) is 3. The maximum Gasteiger partial charge on any atom is 0.276 e. The molecule has 0 aliphatic carbocycles. The second-order valence-corrected chi connectivity index (χ2v) is 18.8. The molecule has 1 aromatic heterocycles. The van der Waals surface area contributed by atoms with Gasteiger partial charge in [0, 0.05) is 82.3 Å². The monoisotopic (exact) mass is 1020 g/mol. The molecule has 372 valence electrons. The molecule has 4 atom stereocenters. The molecular formula is C48H53Cl2FN8O10S. The minimum absolute atomic E-state index is 0.00689. The Hall–Kier alpha value is -5.90. The number of halogens is 3. The summed E-state index contributed by atoms with van der Waals surface area (Å²) in [5.74, 6) is -2.00. The van der Waals surface area contributed by atoms with E-state index in [4.69, 9.17) is 47.9 Å². The zero-order valence-corrected chi connectivity index (χ0v) is 41.0. The zero-order valence-electron chi connectivity index (χ0n) is 38.7. The van der Waals surface area contributed by atoms with Gasteiger partial charge in [-0.1, -0.05) is 29.3 Å². The van der Waals surface area contributed by atoms with Crippen LogP contribution in [0.1, 0.15) is 88.5 Å². The molecule has 7 rings (SSSR count). The van der Waals surface area contributed by atoms with Gasteiger partial charge in [0.1, 0.15) is 18.0 Å². The van der Waals surface area contributed by atoms with Gasteiger partial charge in [0.15, 0.2) is 17.3 Å². The van der Waals surface area contributed by atoms with Gasteiger partial charge >= 0.3 is 0 Å². The molecule has 2 unspecified atom stereocenters. The summed E-state index contributed by atoms with van der Waals surface area (Å²) < 4.78 is 37.0. The van der Waals surface area contributed by atoms with Crippen LogP contribution < -0.4 is 21.1 Å². The SMILES string of the molecule is CC(Oc1cc(C(=O)Nc2ccc(C(=O)N3C[C@@H](C)N(C(=O)CCOCCOCCOCCSc4cccc5c4CN(C4CCC(=O)NC4=O)C5=O)[C@@H](C)C3)cc2)nnc1N)c1c(Cl)ccc(F)c1Cl. The molecule has 0 bridgehead atoms. The van der Waals surface area contributed by atoms with Crippen LogP contribution >= 0.6 is 35.0 Å². The number of hydrogen-bond acceptors (Lipinski definition) is 14. The lowest BCUT2D eigenvalue weighted by atomic mass is 10.0. The van der Waals surface area contributed by atoms with Gasteiger partial charge in [-0.3, -0.25) is 34.1 Å². The van der Waals surface area contributed by atoms with E-state index in [-0.39, 0.29) is 88.0 Å². The summed E-state index contributed by atoms with van der Waals surface area (Å²) in [5, 5.41) is 12.7. The van der Waals surface area contributed by atoms with Crippen LogP contribution in [-0.2, 0) is 35.1 Å². The Morgan fingerprint density at radius 2 is 1.61 bits per heavy atom. The summed E-state index contributed by atoms with van der Waals surface area (Å²) in [5.41, 5.74) is 8.28. The Labute approximate surface area is 418 Å². The second-order valence-electron chi connectivity index (χ2n) is 16.9. The molecule has 4 N–H and O–H groups in total. The van der Waals surface area contributed by atoms with Crippen molar-refractivity contribution in [2.45, 2.75) is 75.7 Å². The van der Waals surface area contributed by atoms with E-state index in [9.17, 15) is 33.2 Å². The third-order valence-corrected chi connectivity index (χ3v) is 13.7. The van der Waals surface area contributed by atoms with Crippen LogP contribution in [0.3, 0.4) is 0 Å². The highest BCUT2D eigenvalue weighted by Crippen LogP contribution is 2.37. The van der Waals surface area contributed by atoms with E-state index >= 15 is 0 Å². The summed E-state index contributed by atoms with van der Waals surface area (Å²) in [7, 11) is 0. The van der Waals surface area contributed by atoms with E-state index in [1.807, 2.05) is 26.0 Å². The van der Waals surface area contributed by atoms with Gasteiger partial charge in [-0.15, -0.1) is 22.0 Å². The van der Waals surface area contributed by atoms with Gasteiger partial charge in [-0.25, -0.2) is 4.39 Å². The first kappa shape index (κ1) is 51.9. The Kier molecular flexibility index (Phi) is 17.7. The fourth-order valence-electron chi connectivity index (χ4n) is 8.54. The number of anilines is 2. The molecule has 3 aromatic carbocycles. The number of nitrogens with two attached hydrogens (primary N) is 1. The van der Waals surface area contributed by atoms with Crippen molar-refractivity contribution in [2.75, 3.05) is 69.5 Å². The Morgan fingerprint density at radius 3 is 2.31 bits per heavy atom. The number of carbonyl (C=O) groups is 6. The number of thioether (sulfide) groups is 1. The molecule has 3 aliphatic rings. The number of rotatable bonds is 20. The number of benzene rings is 3. The quantitative estimate of drug-likeness (QED) is 0.0403. The number of ether oxygens (including phenoxy) is 4. The average Bonchev–Trinajstić information content (AvgIpc) is 3.67. The van der Waals surface area contributed by atoms with E-state index in [1.165, 1.54) is 12.1 Å². The zero-order chi connectivity index (χ0) is 50.1. The topological polar surface area (TPSA) is 225 Å². The summed E-state index contributed by atoms with van der Waals surface area (Å²) >= 11 is 13.9. The summed E-state index contributed by atoms with van der Waals surface area (Å²) in [6.45, 7) is 8.46. The molecule has 6 amide bonds. The minimum atomic E-state index is -0.857. The molecule has 22 heteroatoms. The number of carbonyl (C=O) groups excluding carboxylic acids is 6. The van der Waals surface area contributed by atoms with Crippen molar-refractivity contribution >= 4 is 81.9 Å². The van der Waals surface area contributed by atoms with Crippen molar-refractivity contribution in [1.82, 2.24) is 30.2 Å². The Bertz CT molecular complexity index is 2600. The average molecular weight is 1020 g/mol. The highest BCUT2D eigenvalue weighted by Gasteiger charge is 2.40. The molecule has 70 heavy (non-hydrogen) atoms. The summed E-state index contributed by atoms with van der Waals surface area (Å²) in [4.78, 5) is 83.1. The lowest BCUT2D eigenvalue weighted by Crippen LogP contribution is -2.59. The van der Waals surface area contributed by atoms with Crippen LogP contribution in [0, 0.1) is 5.82 Å². The lowest BCUT2D eigenvalue weighted by molar-refractivity contribution is -0.140. The predicted molar refractivity (Wildman–Crippen MR) is 258 cm³/mol. The molecule has 3 aliphatic heterocycles. The molecule has 0 saturated carbocycles. The van der Waals surface area contributed by atoms with Crippen LogP contribution in [-0.4, -0.2) is 137 Å². The maximum absolute atomic E-state index is 14.1. The van der Waals surface area contributed by atoms with Gasteiger partial charge in [0.2, 0.25) is 17.7 Å². The smallest absolute Gasteiger partial charge is 0.276 e. The van der Waals surface area contributed by atoms with Crippen LogP contribution in [0.4, 0.5) is 15.9 Å². The summed E-state index contributed by atoms with van der Waals surface area (Å²) in [6.07, 6.45) is -0.157. The number of amides is 6. The minimum Gasteiger partial charge on any atom is -0.482 e. The van der Waals surface area contributed by atoms with E-state index in [2.05, 4.69) is 20.8 Å². The van der Waals surface area contributed by atoms with Crippen LogP contribution in [0.15, 0.2) is 65.6 Å². The second kappa shape index (κ2) is 23.8. The molecule has 0 radical (unpaired) electrons. The Morgan fingerprint density at radius 1 is 0.929 bits per heavy atom. The first-order valence-corrected chi connectivity index (χ1v) is 24.4. The number of piperidine rings is 1. The molecule has 2 fully saturated rings. The third kappa shape index (κ3) is 12.5. The normalized spacial score (nSPS) is 18.4. The molecule has 18 nitrogen and oxygen atoms in total. The third-order valence-electron chi connectivity index (χ3n) is 11.9. The highest BCUT2D eigenvalue weighted by molar-refractivity contribution is 7.99. The predicted octanol–water partition coefficient (Wildman–Crippen LogP) is 5.95. The fraction of sp³-hybridized carbons (Fsp3) is 0.417. The van der Waals surface area contributed by atoms with Crippen molar-refractivity contribution < 1.29 is 52.1 Å². The molecule has 4 aromatic rings. The van der Waals surface area contributed by atoms with Gasteiger partial charge in [0.25, 0.3) is 17.7 Å². The van der Waals surface area contributed by atoms with Crippen molar-refractivity contribution in [2.24, 2.45) is 0 Å². The van der Waals surface area contributed by atoms with E-state index in [1.54, 1.807) is 63.7 Å². The number of nitrogens with one attached hydrogen (secondary N) is 2. The number of piperazine rings is 1. The summed E-state index contributed by atoms with van der Waals surface area (Å²) in [6, 6.07) is 14.6. The van der Waals surface area contributed by atoms with Crippen LogP contribution in [0.25, 0.3) is 0 Å². The van der Waals surface area contributed by atoms with Gasteiger partial charge in [-0.2, -0.15) is 0 Å². The van der Waals surface area contributed by atoms with Crippen LogP contribution in [0.5, 0.6) is 5.75 Å². The van der Waals surface area contributed by atoms with Crippen molar-refractivity contribution in [3.63, 3.8) is 0 Å². The fourth-order valence-corrected chi connectivity index (χ4v) is 10.2. The first-order chi connectivity index (χ1) is 33.6. The Balaban J connectivity index is 0.760. The maximum atomic E-state index is 14.1. The standard InChI is InChI=1S/C48H53Cl2FN8O10S/c1-27-24-57(47(64)30-7-9-31(10-8-30)53-45(62)36-23-38(44(52)56-55-36)69-29(3)42-34(49)11-12-35(51)43(42)50)25-28(2)59(27)41(61)15-16-66-17-18-67-19-20-68-21-22-70-39-6-4-5-32-33(39)26-58(48(32)65)37-13-14-40(60)54-46(37)63/h4-12,23,27-29,37H,13-22,24-26H2,1-3H3,(H2,52,56)(H,53,62)(H,54,60,63)/t27-,28+,29?,37?. The molecular weight excluding hydrogens is 971 g/mol. The largest absolute Gasteiger partial charge is 0.482 e. The number of nitrogens with zero attached hydrogens (tertiary/aromatic N) is 5. The number of imide groups is 1. The van der Waals surface area contributed by atoms with Gasteiger partial charge in [-0.05, 0) is 81.3 Å². The number of aromatic nitrogens is 2. The van der Waals surface area contributed by atoms with Crippen molar-refractivity contribution in [3.05, 3.63) is 104 Å². The molecule has 4 heterocycles. The number of fused-ring (bicyclic) bond motifs is 1. The molecule has 0 spiro atoms. The molecule has 2 saturated heterocycles. The van der Waals surface area contributed by atoms with Gasteiger partial charge in [0.05, 0.1) is 51.1 Å². The lowest BCUT2D eigenvalue weighted by Gasteiger charge is -2.44. The van der Waals surface area contributed by atoms with E-state index in [0.29, 0.717) is 81.7 Å². The van der Waals surface area contributed by atoms with E-state index in [0.717, 1.165) is 16.5 Å². The van der Waals surface area contributed by atoms with Gasteiger partial charge < -0.3 is 44.7 Å². The first-order valence-electron chi connectivity index (χ1n) is 22.7. The van der Waals surface area contributed by atoms with Crippen LogP contribution in [0.2, 0.25) is 10.0 Å².